The molecule has 0 rings (SSSR count). The Bertz CT molecular complexity index is 60.0. The van der Waals surface area contributed by atoms with Gasteiger partial charge in [-0.3, -0.25) is 0 Å². The number of hydrazine groups is 1. The molecule has 2 N–H and O–H groups in total. The lowest BCUT2D eigenvalue weighted by Gasteiger charge is -2.14. The molecule has 0 fully saturated rings. The number of nitrogens with zero attached hydrogens (tertiary/aromatic N) is 1. The van der Waals surface area contributed by atoms with E-state index < -0.39 is 0 Å². The van der Waals surface area contributed by atoms with Crippen molar-refractivity contribution in [3.8, 4) is 0 Å². The number of nitrogens with one attached hydrogen (secondary N) is 1. The molecule has 0 saturated heterocycles. The average molecular weight is 136 g/mol. The van der Waals surface area contributed by atoms with Crippen LogP contribution in [0.2, 0.25) is 0 Å². The van der Waals surface area contributed by atoms with Crippen LogP contribution < -0.4 is 5.43 Å². The first-order valence-corrected chi connectivity index (χ1v) is 2.88. The van der Waals surface area contributed by atoms with Gasteiger partial charge in [-0.15, -0.1) is 0 Å². The number of rotatable bonds is 3. The van der Waals surface area contributed by atoms with E-state index in [1.165, 1.54) is 4.41 Å². The summed E-state index contributed by atoms with van der Waals surface area (Å²) in [4.78, 5) is 0. The molecule has 0 aliphatic rings. The molecule has 0 aliphatic carbocycles. The Labute approximate surface area is 55.2 Å². The van der Waals surface area contributed by atoms with E-state index in [4.69, 9.17) is 5.11 Å². The monoisotopic (exact) mass is 136 g/mol. The Kier molecular flexibility index (Phi) is 4.26. The lowest BCUT2D eigenvalue weighted by Crippen LogP contribution is -2.31. The molecule has 1 atom stereocenters. The van der Waals surface area contributed by atoms with Crippen LogP contribution >= 0.6 is 12.8 Å². The van der Waals surface area contributed by atoms with Crippen LogP contribution in [0.25, 0.3) is 0 Å². The lowest BCUT2D eigenvalue weighted by atomic mass is 10.4. The molecule has 0 bridgehead atoms. The summed E-state index contributed by atoms with van der Waals surface area (Å²) in [6, 6.07) is 0. The Morgan fingerprint density at radius 1 is 1.88 bits per heavy atom. The minimum Gasteiger partial charge on any atom is -0.392 e. The number of hydrogen-bond acceptors (Lipinski definition) is 4. The number of aliphatic hydroxyl groups is 1. The second-order valence-electron chi connectivity index (χ2n) is 1.65. The SMILES string of the molecule is CNN(S)CC(C)O. The molecule has 0 heterocycles. The molecule has 8 heavy (non-hydrogen) atoms. The first kappa shape index (κ1) is 8.23. The van der Waals surface area contributed by atoms with Crippen molar-refractivity contribution >= 4 is 12.8 Å². The molecule has 0 saturated carbocycles. The summed E-state index contributed by atoms with van der Waals surface area (Å²) < 4.78 is 1.52. The Balaban J connectivity index is 3.10. The molecular formula is C4H12N2OS. The molecule has 50 valence electrons. The highest BCUT2D eigenvalue weighted by Crippen LogP contribution is 1.88. The van der Waals surface area contributed by atoms with Crippen LogP contribution in [0.5, 0.6) is 0 Å². The third-order valence-electron chi connectivity index (χ3n) is 0.695. The molecule has 0 radical (unpaired) electrons. The molecular weight excluding hydrogens is 124 g/mol. The van der Waals surface area contributed by atoms with Crippen LogP contribution in [0, 0.1) is 0 Å². The summed E-state index contributed by atoms with van der Waals surface area (Å²) >= 11 is 3.93. The van der Waals surface area contributed by atoms with Crippen molar-refractivity contribution < 1.29 is 5.11 Å². The fourth-order valence-electron chi connectivity index (χ4n) is 0.342. The maximum atomic E-state index is 8.72. The van der Waals surface area contributed by atoms with Crippen molar-refractivity contribution in [1.82, 2.24) is 9.84 Å². The van der Waals surface area contributed by atoms with Gasteiger partial charge >= 0.3 is 0 Å². The Morgan fingerprint density at radius 3 is 2.50 bits per heavy atom. The fraction of sp³-hybridized carbons (Fsp3) is 1.00. The molecule has 3 nitrogen and oxygen atoms in total. The van der Waals surface area contributed by atoms with E-state index in [0.29, 0.717) is 6.54 Å². The number of aliphatic hydroxyl groups excluding tert-OH is 1. The highest BCUT2D eigenvalue weighted by molar-refractivity contribution is 7.77. The van der Waals surface area contributed by atoms with E-state index in [1.807, 2.05) is 0 Å². The summed E-state index contributed by atoms with van der Waals surface area (Å²) in [7, 11) is 1.75. The first-order chi connectivity index (χ1) is 3.66. The minimum absolute atomic E-state index is 0.333. The van der Waals surface area contributed by atoms with Crippen LogP contribution in [0.1, 0.15) is 6.92 Å². The summed E-state index contributed by atoms with van der Waals surface area (Å²) in [6.45, 7) is 2.24. The fourth-order valence-corrected chi connectivity index (χ4v) is 0.578. The van der Waals surface area contributed by atoms with Crippen molar-refractivity contribution in [2.75, 3.05) is 13.6 Å². The van der Waals surface area contributed by atoms with Gasteiger partial charge < -0.3 is 5.11 Å². The van der Waals surface area contributed by atoms with Gasteiger partial charge in [-0.25, -0.2) is 5.43 Å². The first-order valence-electron chi connectivity index (χ1n) is 2.48. The largest absolute Gasteiger partial charge is 0.392 e. The van der Waals surface area contributed by atoms with Crippen LogP contribution in [-0.2, 0) is 0 Å². The highest BCUT2D eigenvalue weighted by atomic mass is 32.1. The van der Waals surface area contributed by atoms with E-state index in [1.54, 1.807) is 14.0 Å². The molecule has 4 heteroatoms. The maximum Gasteiger partial charge on any atom is 0.0662 e. The summed E-state index contributed by atoms with van der Waals surface area (Å²) in [5.41, 5.74) is 2.73. The third-order valence-corrected chi connectivity index (χ3v) is 1.06. The van der Waals surface area contributed by atoms with Crippen molar-refractivity contribution in [3.05, 3.63) is 0 Å². The minimum atomic E-state index is -0.333. The van der Waals surface area contributed by atoms with Crippen molar-refractivity contribution in [1.29, 1.82) is 0 Å². The predicted octanol–water partition coefficient (Wildman–Crippen LogP) is -0.352. The topological polar surface area (TPSA) is 35.5 Å². The molecule has 1 unspecified atom stereocenters. The van der Waals surface area contributed by atoms with Crippen molar-refractivity contribution in [3.63, 3.8) is 0 Å². The van der Waals surface area contributed by atoms with Gasteiger partial charge in [0, 0.05) is 6.54 Å². The van der Waals surface area contributed by atoms with Gasteiger partial charge in [0.05, 0.1) is 6.10 Å². The number of hydrogen-bond donors (Lipinski definition) is 3. The molecule has 0 aromatic rings. The standard InChI is InChI=1S/C4H12N2OS/c1-4(7)3-6(8)5-2/h4-5,7-8H,3H2,1-2H3. The quantitative estimate of drug-likeness (QED) is 0.366. The zero-order valence-electron chi connectivity index (χ0n) is 5.13. The van der Waals surface area contributed by atoms with Gasteiger partial charge in [0.2, 0.25) is 0 Å². The van der Waals surface area contributed by atoms with Gasteiger partial charge in [0.15, 0.2) is 0 Å². The van der Waals surface area contributed by atoms with Crippen LogP contribution in [-0.4, -0.2) is 29.2 Å². The molecule has 0 aliphatic heterocycles. The Hall–Kier alpha value is 0.230. The maximum absolute atomic E-state index is 8.72. The van der Waals surface area contributed by atoms with E-state index in [9.17, 15) is 0 Å². The second kappa shape index (κ2) is 4.14. The van der Waals surface area contributed by atoms with E-state index >= 15 is 0 Å². The number of thiol groups is 1. The van der Waals surface area contributed by atoms with Gasteiger partial charge in [-0.2, -0.15) is 4.41 Å². The van der Waals surface area contributed by atoms with Crippen LogP contribution in [0.3, 0.4) is 0 Å². The van der Waals surface area contributed by atoms with E-state index in [2.05, 4.69) is 18.2 Å². The lowest BCUT2D eigenvalue weighted by molar-refractivity contribution is 0.156. The van der Waals surface area contributed by atoms with Crippen molar-refractivity contribution in [2.24, 2.45) is 0 Å². The normalized spacial score (nSPS) is 14.6. The summed E-state index contributed by atoms with van der Waals surface area (Å²) in [5.74, 6) is 0. The zero-order chi connectivity index (χ0) is 6.57. The van der Waals surface area contributed by atoms with Crippen LogP contribution in [0.4, 0.5) is 0 Å². The highest BCUT2D eigenvalue weighted by Gasteiger charge is 1.98. The summed E-state index contributed by atoms with van der Waals surface area (Å²) in [5, 5.41) is 8.72. The predicted molar refractivity (Wildman–Crippen MR) is 36.4 cm³/mol. The smallest absolute Gasteiger partial charge is 0.0662 e. The Morgan fingerprint density at radius 2 is 2.38 bits per heavy atom. The average Bonchev–Trinajstić information content (AvgIpc) is 1.65. The van der Waals surface area contributed by atoms with Crippen LogP contribution in [0.15, 0.2) is 0 Å². The van der Waals surface area contributed by atoms with E-state index in [-0.39, 0.29) is 6.10 Å². The molecule has 0 aromatic carbocycles. The zero-order valence-corrected chi connectivity index (χ0v) is 6.02. The molecule has 0 amide bonds. The van der Waals surface area contributed by atoms with Gasteiger partial charge in [0.1, 0.15) is 0 Å². The third kappa shape index (κ3) is 4.39. The summed E-state index contributed by atoms with van der Waals surface area (Å²) in [6.07, 6.45) is -0.333. The molecule has 0 aromatic heterocycles. The molecule has 0 spiro atoms. The van der Waals surface area contributed by atoms with Gasteiger partial charge in [0.25, 0.3) is 0 Å². The van der Waals surface area contributed by atoms with Gasteiger partial charge in [-0.05, 0) is 14.0 Å². The van der Waals surface area contributed by atoms with Crippen molar-refractivity contribution in [2.45, 2.75) is 13.0 Å². The van der Waals surface area contributed by atoms with E-state index in [0.717, 1.165) is 0 Å². The second-order valence-corrected chi connectivity index (χ2v) is 2.14. The van der Waals surface area contributed by atoms with Gasteiger partial charge in [-0.1, -0.05) is 12.8 Å².